The highest BCUT2D eigenvalue weighted by atomic mass is 35.5. The van der Waals surface area contributed by atoms with Crippen molar-refractivity contribution < 1.29 is 17.9 Å². The van der Waals surface area contributed by atoms with Crippen LogP contribution in [0.1, 0.15) is 29.8 Å². The number of aryl methyl sites for hydroxylation is 1. The van der Waals surface area contributed by atoms with E-state index in [-0.39, 0.29) is 23.0 Å². The Hall–Kier alpha value is -2.04. The van der Waals surface area contributed by atoms with Crippen LogP contribution in [0.2, 0.25) is 5.02 Å². The molecule has 2 atom stereocenters. The van der Waals surface area contributed by atoms with Gasteiger partial charge in [0.25, 0.3) is 5.91 Å². The van der Waals surface area contributed by atoms with Gasteiger partial charge in [-0.05, 0) is 56.7 Å². The standard InChI is InChI=1S/C21H22ClN3O4S2/c1-12-4-9-17(22)19-18(12)23-21(30-19)24-20(26)15-5-7-16(8-6-15)31(27,28)25-10-13(2)29-14(3)11-25/h4-9,13-14H,10-11H2,1-3H3,(H,23,24,26). The first-order chi connectivity index (χ1) is 14.6. The fourth-order valence-corrected chi connectivity index (χ4v) is 6.38. The normalized spacial score (nSPS) is 20.1. The van der Waals surface area contributed by atoms with Crippen LogP contribution in [0.5, 0.6) is 0 Å². The predicted molar refractivity (Wildman–Crippen MR) is 123 cm³/mol. The Morgan fingerprint density at radius 2 is 1.81 bits per heavy atom. The number of fused-ring (bicyclic) bond motifs is 1. The van der Waals surface area contributed by atoms with Gasteiger partial charge in [0, 0.05) is 18.7 Å². The number of nitrogens with zero attached hydrogens (tertiary/aromatic N) is 2. The number of rotatable bonds is 4. The molecule has 1 aliphatic heterocycles. The molecule has 0 saturated carbocycles. The molecule has 2 aromatic carbocycles. The van der Waals surface area contributed by atoms with E-state index in [4.69, 9.17) is 16.3 Å². The van der Waals surface area contributed by atoms with Gasteiger partial charge in [-0.3, -0.25) is 10.1 Å². The highest BCUT2D eigenvalue weighted by Gasteiger charge is 2.32. The van der Waals surface area contributed by atoms with Crippen LogP contribution in [0.15, 0.2) is 41.3 Å². The minimum Gasteiger partial charge on any atom is -0.373 e. The van der Waals surface area contributed by atoms with Crippen LogP contribution in [0, 0.1) is 6.92 Å². The minimum absolute atomic E-state index is 0.146. The summed E-state index contributed by atoms with van der Waals surface area (Å²) in [6.45, 7) is 6.23. The summed E-state index contributed by atoms with van der Waals surface area (Å²) in [6.07, 6.45) is -0.343. The topological polar surface area (TPSA) is 88.6 Å². The number of hydrogen-bond donors (Lipinski definition) is 1. The number of sulfonamides is 1. The number of ether oxygens (including phenoxy) is 1. The van der Waals surface area contributed by atoms with Crippen molar-refractivity contribution in [3.63, 3.8) is 0 Å². The van der Waals surface area contributed by atoms with Gasteiger partial charge >= 0.3 is 0 Å². The molecule has 0 bridgehead atoms. The molecule has 0 radical (unpaired) electrons. The van der Waals surface area contributed by atoms with E-state index in [9.17, 15) is 13.2 Å². The molecule has 31 heavy (non-hydrogen) atoms. The van der Waals surface area contributed by atoms with Crippen LogP contribution >= 0.6 is 22.9 Å². The highest BCUT2D eigenvalue weighted by molar-refractivity contribution is 7.89. The van der Waals surface area contributed by atoms with Gasteiger partial charge in [0.05, 0.1) is 32.3 Å². The Labute approximate surface area is 190 Å². The SMILES string of the molecule is Cc1ccc(Cl)c2sc(NC(=O)c3ccc(S(=O)(=O)N4CC(C)OC(C)C4)cc3)nc12. The summed E-state index contributed by atoms with van der Waals surface area (Å²) in [5.41, 5.74) is 2.06. The van der Waals surface area contributed by atoms with Crippen LogP contribution in [0.3, 0.4) is 0 Å². The first-order valence-electron chi connectivity index (χ1n) is 9.78. The second kappa shape index (κ2) is 8.48. The number of nitrogens with one attached hydrogen (secondary N) is 1. The molecule has 1 aliphatic rings. The van der Waals surface area contributed by atoms with E-state index >= 15 is 0 Å². The van der Waals surface area contributed by atoms with Crippen LogP contribution in [-0.2, 0) is 14.8 Å². The van der Waals surface area contributed by atoms with Crippen LogP contribution < -0.4 is 5.32 Å². The van der Waals surface area contributed by atoms with E-state index in [1.165, 1.54) is 39.9 Å². The van der Waals surface area contributed by atoms with Gasteiger partial charge in [-0.2, -0.15) is 4.31 Å². The lowest BCUT2D eigenvalue weighted by atomic mass is 10.2. The van der Waals surface area contributed by atoms with Gasteiger partial charge in [0.15, 0.2) is 5.13 Å². The maximum Gasteiger partial charge on any atom is 0.257 e. The van der Waals surface area contributed by atoms with Gasteiger partial charge < -0.3 is 4.74 Å². The Morgan fingerprint density at radius 3 is 2.42 bits per heavy atom. The number of thiazole rings is 1. The van der Waals surface area contributed by atoms with E-state index in [1.54, 1.807) is 6.07 Å². The molecular weight excluding hydrogens is 458 g/mol. The number of carbonyl (C=O) groups is 1. The molecule has 1 amide bonds. The highest BCUT2D eigenvalue weighted by Crippen LogP contribution is 2.34. The summed E-state index contributed by atoms with van der Waals surface area (Å²) in [7, 11) is -3.66. The van der Waals surface area contributed by atoms with E-state index in [2.05, 4.69) is 10.3 Å². The lowest BCUT2D eigenvalue weighted by Gasteiger charge is -2.34. The Bertz CT molecular complexity index is 1190. The quantitative estimate of drug-likeness (QED) is 0.602. The maximum absolute atomic E-state index is 13.0. The molecule has 3 aromatic rings. The molecule has 2 unspecified atom stereocenters. The second-order valence-electron chi connectivity index (χ2n) is 7.62. The average molecular weight is 480 g/mol. The summed E-state index contributed by atoms with van der Waals surface area (Å²) in [5.74, 6) is -0.370. The molecule has 1 saturated heterocycles. The molecule has 1 aromatic heterocycles. The van der Waals surface area contributed by atoms with Crippen molar-refractivity contribution in [2.24, 2.45) is 0 Å². The zero-order chi connectivity index (χ0) is 22.3. The third-order valence-electron chi connectivity index (χ3n) is 5.06. The van der Waals surface area contributed by atoms with Crippen molar-refractivity contribution in [3.8, 4) is 0 Å². The summed E-state index contributed by atoms with van der Waals surface area (Å²) in [5, 5.41) is 3.79. The predicted octanol–water partition coefficient (Wildman–Crippen LogP) is 4.31. The zero-order valence-electron chi connectivity index (χ0n) is 17.3. The second-order valence-corrected chi connectivity index (χ2v) is 11.0. The van der Waals surface area contributed by atoms with E-state index in [1.807, 2.05) is 26.8 Å². The van der Waals surface area contributed by atoms with Crippen molar-refractivity contribution >= 4 is 54.2 Å². The van der Waals surface area contributed by atoms with Gasteiger partial charge in [-0.25, -0.2) is 13.4 Å². The lowest BCUT2D eigenvalue weighted by Crippen LogP contribution is -2.48. The number of aromatic nitrogens is 1. The molecular formula is C21H22ClN3O4S2. The van der Waals surface area contributed by atoms with E-state index in [0.717, 1.165) is 15.8 Å². The molecule has 10 heteroatoms. The fraction of sp³-hybridized carbons (Fsp3) is 0.333. The number of morpholine rings is 1. The Balaban J connectivity index is 1.52. The van der Waals surface area contributed by atoms with Gasteiger partial charge in [-0.1, -0.05) is 29.0 Å². The number of anilines is 1. The molecule has 0 spiro atoms. The molecule has 164 valence electrons. The molecule has 0 aliphatic carbocycles. The average Bonchev–Trinajstić information content (AvgIpc) is 3.15. The number of amides is 1. The molecule has 7 nitrogen and oxygen atoms in total. The van der Waals surface area contributed by atoms with Crippen molar-refractivity contribution in [1.29, 1.82) is 0 Å². The molecule has 2 heterocycles. The maximum atomic E-state index is 13.0. The van der Waals surface area contributed by atoms with E-state index in [0.29, 0.717) is 28.8 Å². The summed E-state index contributed by atoms with van der Waals surface area (Å²) in [6, 6.07) is 9.59. The van der Waals surface area contributed by atoms with Gasteiger partial charge in [0.1, 0.15) is 0 Å². The van der Waals surface area contributed by atoms with Crippen LogP contribution in [0.25, 0.3) is 10.2 Å². The summed E-state index contributed by atoms with van der Waals surface area (Å²) < 4.78 is 33.8. The molecule has 1 fully saturated rings. The number of halogens is 1. The molecule has 4 rings (SSSR count). The first kappa shape index (κ1) is 22.2. The number of carbonyl (C=O) groups excluding carboxylic acids is 1. The third-order valence-corrected chi connectivity index (χ3v) is 8.34. The van der Waals surface area contributed by atoms with Crippen LogP contribution in [-0.4, -0.2) is 48.9 Å². The Kier molecular flexibility index (Phi) is 6.06. The van der Waals surface area contributed by atoms with Crippen molar-refractivity contribution in [1.82, 2.24) is 9.29 Å². The zero-order valence-corrected chi connectivity index (χ0v) is 19.6. The molecule has 1 N–H and O–H groups in total. The minimum atomic E-state index is -3.66. The lowest BCUT2D eigenvalue weighted by molar-refractivity contribution is -0.0440. The van der Waals surface area contributed by atoms with Gasteiger partial charge in [0.2, 0.25) is 10.0 Å². The Morgan fingerprint density at radius 1 is 1.16 bits per heavy atom. The first-order valence-corrected chi connectivity index (χ1v) is 12.4. The summed E-state index contributed by atoms with van der Waals surface area (Å²) in [4.78, 5) is 17.3. The monoisotopic (exact) mass is 479 g/mol. The van der Waals surface area contributed by atoms with Gasteiger partial charge in [-0.15, -0.1) is 0 Å². The fourth-order valence-electron chi connectivity index (χ4n) is 3.58. The largest absolute Gasteiger partial charge is 0.373 e. The van der Waals surface area contributed by atoms with Crippen molar-refractivity contribution in [2.75, 3.05) is 18.4 Å². The van der Waals surface area contributed by atoms with Crippen molar-refractivity contribution in [2.45, 2.75) is 37.9 Å². The third kappa shape index (κ3) is 4.47. The number of benzene rings is 2. The van der Waals surface area contributed by atoms with Crippen molar-refractivity contribution in [3.05, 3.63) is 52.5 Å². The van der Waals surface area contributed by atoms with E-state index < -0.39 is 10.0 Å². The number of hydrogen-bond acceptors (Lipinski definition) is 6. The summed E-state index contributed by atoms with van der Waals surface area (Å²) >= 11 is 7.53. The van der Waals surface area contributed by atoms with Crippen LogP contribution in [0.4, 0.5) is 5.13 Å². The smallest absolute Gasteiger partial charge is 0.257 e.